The molecule has 0 saturated heterocycles. The lowest BCUT2D eigenvalue weighted by Gasteiger charge is -2.14. The fraction of sp³-hybridized carbons (Fsp3) is 0.250. The number of sulfonamides is 1. The molecule has 0 bridgehead atoms. The molecule has 0 radical (unpaired) electrons. The van der Waals surface area contributed by atoms with Gasteiger partial charge in [-0.1, -0.05) is 18.2 Å². The van der Waals surface area contributed by atoms with Gasteiger partial charge in [-0.25, -0.2) is 18.1 Å². The van der Waals surface area contributed by atoms with E-state index in [9.17, 15) is 13.5 Å². The van der Waals surface area contributed by atoms with Crippen LogP contribution in [0.5, 0.6) is 0 Å². The van der Waals surface area contributed by atoms with Crippen molar-refractivity contribution in [2.75, 3.05) is 0 Å². The molecule has 0 aliphatic rings. The van der Waals surface area contributed by atoms with Crippen molar-refractivity contribution in [1.82, 2.24) is 14.7 Å². The van der Waals surface area contributed by atoms with Gasteiger partial charge >= 0.3 is 0 Å². The Labute approximate surface area is 111 Å². The van der Waals surface area contributed by atoms with Crippen molar-refractivity contribution in [3.63, 3.8) is 0 Å². The highest BCUT2D eigenvalue weighted by molar-refractivity contribution is 7.89. The molecule has 0 aliphatic carbocycles. The summed E-state index contributed by atoms with van der Waals surface area (Å²) in [7, 11) is -3.70. The van der Waals surface area contributed by atoms with Crippen molar-refractivity contribution in [1.29, 1.82) is 0 Å². The molecule has 0 amide bonds. The molecule has 0 fully saturated rings. The number of benzene rings is 1. The van der Waals surface area contributed by atoms with Crippen molar-refractivity contribution in [3.8, 4) is 0 Å². The van der Waals surface area contributed by atoms with Crippen LogP contribution in [0, 0.1) is 0 Å². The lowest BCUT2D eigenvalue weighted by molar-refractivity contribution is 0.278. The van der Waals surface area contributed by atoms with Crippen LogP contribution in [0.3, 0.4) is 0 Å². The van der Waals surface area contributed by atoms with Gasteiger partial charge in [0.1, 0.15) is 5.82 Å². The number of nitrogens with one attached hydrogen (secondary N) is 2. The van der Waals surface area contributed by atoms with Gasteiger partial charge in [0.05, 0.1) is 17.5 Å². The third kappa shape index (κ3) is 3.01. The quantitative estimate of drug-likeness (QED) is 0.760. The predicted molar refractivity (Wildman–Crippen MR) is 69.7 cm³/mol. The van der Waals surface area contributed by atoms with E-state index >= 15 is 0 Å². The van der Waals surface area contributed by atoms with Gasteiger partial charge in [0, 0.05) is 12.4 Å². The maximum Gasteiger partial charge on any atom is 0.241 e. The number of rotatable bonds is 5. The number of aromatic amines is 1. The molecular formula is C12H15N3O3S. The van der Waals surface area contributed by atoms with E-state index in [0.29, 0.717) is 11.4 Å². The molecule has 2 rings (SSSR count). The first-order valence-corrected chi connectivity index (χ1v) is 7.23. The summed E-state index contributed by atoms with van der Waals surface area (Å²) < 4.78 is 27.0. The second-order valence-electron chi connectivity index (χ2n) is 4.08. The highest BCUT2D eigenvalue weighted by atomic mass is 32.2. The Hall–Kier alpha value is -1.70. The zero-order valence-electron chi connectivity index (χ0n) is 10.4. The van der Waals surface area contributed by atoms with Crippen molar-refractivity contribution in [2.45, 2.75) is 24.5 Å². The van der Waals surface area contributed by atoms with E-state index in [1.54, 1.807) is 37.5 Å². The Kier molecular flexibility index (Phi) is 3.98. The van der Waals surface area contributed by atoms with Gasteiger partial charge < -0.3 is 10.1 Å². The molecule has 6 nitrogen and oxygen atoms in total. The molecule has 19 heavy (non-hydrogen) atoms. The molecule has 1 atom stereocenters. The van der Waals surface area contributed by atoms with Gasteiger partial charge in [-0.15, -0.1) is 0 Å². The Morgan fingerprint density at radius 3 is 2.79 bits per heavy atom. The Morgan fingerprint density at radius 2 is 2.16 bits per heavy atom. The monoisotopic (exact) mass is 281 g/mol. The van der Waals surface area contributed by atoms with E-state index in [0.717, 1.165) is 0 Å². The molecule has 1 aromatic heterocycles. The average molecular weight is 281 g/mol. The third-order valence-corrected chi connectivity index (χ3v) is 4.34. The molecule has 0 saturated carbocycles. The minimum Gasteiger partial charge on any atom is -0.392 e. The standard InChI is InChI=1S/C12H15N3O3S/c1-9(12-13-6-7-14-12)15-19(17,18)11-5-3-2-4-10(11)8-16/h2-7,9,15-16H,8H2,1H3,(H,13,14). The van der Waals surface area contributed by atoms with Crippen LogP contribution in [0.25, 0.3) is 0 Å². The van der Waals surface area contributed by atoms with Crippen molar-refractivity contribution in [3.05, 3.63) is 48.0 Å². The fourth-order valence-electron chi connectivity index (χ4n) is 1.76. The van der Waals surface area contributed by atoms with Gasteiger partial charge in [-0.2, -0.15) is 0 Å². The van der Waals surface area contributed by atoms with Gasteiger partial charge in [-0.3, -0.25) is 0 Å². The molecule has 1 heterocycles. The second-order valence-corrected chi connectivity index (χ2v) is 5.77. The van der Waals surface area contributed by atoms with Crippen LogP contribution in [0.1, 0.15) is 24.4 Å². The SMILES string of the molecule is CC(NS(=O)(=O)c1ccccc1CO)c1ncc[nH]1. The summed E-state index contributed by atoms with van der Waals surface area (Å²) in [5.41, 5.74) is 0.363. The zero-order valence-corrected chi connectivity index (χ0v) is 11.2. The highest BCUT2D eigenvalue weighted by Crippen LogP contribution is 2.18. The number of aliphatic hydroxyl groups is 1. The number of imidazole rings is 1. The number of hydrogen-bond donors (Lipinski definition) is 3. The molecule has 1 aromatic carbocycles. The Morgan fingerprint density at radius 1 is 1.42 bits per heavy atom. The van der Waals surface area contributed by atoms with Crippen LogP contribution in [0.4, 0.5) is 0 Å². The first-order valence-electron chi connectivity index (χ1n) is 5.75. The Balaban J connectivity index is 2.28. The number of aliphatic hydroxyl groups excluding tert-OH is 1. The highest BCUT2D eigenvalue weighted by Gasteiger charge is 2.21. The summed E-state index contributed by atoms with van der Waals surface area (Å²) in [5, 5.41) is 9.19. The first kappa shape index (κ1) is 13.7. The van der Waals surface area contributed by atoms with Gasteiger partial charge in [0.15, 0.2) is 0 Å². The van der Waals surface area contributed by atoms with E-state index in [1.165, 1.54) is 6.07 Å². The summed E-state index contributed by atoms with van der Waals surface area (Å²) in [5.74, 6) is 0.532. The van der Waals surface area contributed by atoms with Crippen LogP contribution in [0.15, 0.2) is 41.6 Å². The summed E-state index contributed by atoms with van der Waals surface area (Å²) in [6.45, 7) is 1.37. The third-order valence-electron chi connectivity index (χ3n) is 2.69. The van der Waals surface area contributed by atoms with E-state index in [-0.39, 0.29) is 11.5 Å². The molecule has 2 aromatic rings. The Bertz CT molecular complexity index is 638. The lowest BCUT2D eigenvalue weighted by atomic mass is 10.2. The maximum atomic E-state index is 12.3. The van der Waals surface area contributed by atoms with E-state index in [4.69, 9.17) is 0 Å². The first-order chi connectivity index (χ1) is 9.04. The molecule has 0 spiro atoms. The lowest BCUT2D eigenvalue weighted by Crippen LogP contribution is -2.28. The van der Waals surface area contributed by atoms with Crippen molar-refractivity contribution < 1.29 is 13.5 Å². The normalized spacial score (nSPS) is 13.4. The second kappa shape index (κ2) is 5.52. The number of H-pyrrole nitrogens is 1. The largest absolute Gasteiger partial charge is 0.392 e. The summed E-state index contributed by atoms with van der Waals surface area (Å²) in [4.78, 5) is 6.94. The number of aromatic nitrogens is 2. The molecule has 102 valence electrons. The number of nitrogens with zero attached hydrogens (tertiary/aromatic N) is 1. The van der Waals surface area contributed by atoms with Crippen molar-refractivity contribution in [2.24, 2.45) is 0 Å². The predicted octanol–water partition coefficient (Wildman–Crippen LogP) is 0.941. The molecule has 7 heteroatoms. The average Bonchev–Trinajstić information content (AvgIpc) is 2.92. The minimum atomic E-state index is -3.70. The van der Waals surface area contributed by atoms with E-state index < -0.39 is 16.1 Å². The fourth-order valence-corrected chi connectivity index (χ4v) is 3.20. The van der Waals surface area contributed by atoms with Gasteiger partial charge in [-0.05, 0) is 18.6 Å². The minimum absolute atomic E-state index is 0.0795. The topological polar surface area (TPSA) is 95.1 Å². The van der Waals surface area contributed by atoms with Gasteiger partial charge in [0.2, 0.25) is 10.0 Å². The summed E-state index contributed by atoms with van der Waals surface area (Å²) in [6, 6.07) is 5.85. The van der Waals surface area contributed by atoms with Crippen LogP contribution >= 0.6 is 0 Å². The summed E-state index contributed by atoms with van der Waals surface area (Å²) in [6.07, 6.45) is 3.18. The van der Waals surface area contributed by atoms with Crippen LogP contribution in [-0.2, 0) is 16.6 Å². The summed E-state index contributed by atoms with van der Waals surface area (Å²) >= 11 is 0. The smallest absolute Gasteiger partial charge is 0.241 e. The zero-order chi connectivity index (χ0) is 13.9. The van der Waals surface area contributed by atoms with Crippen LogP contribution in [-0.4, -0.2) is 23.5 Å². The molecule has 1 unspecified atom stereocenters. The van der Waals surface area contributed by atoms with Crippen molar-refractivity contribution >= 4 is 10.0 Å². The molecule has 0 aliphatic heterocycles. The van der Waals surface area contributed by atoms with E-state index in [1.807, 2.05) is 0 Å². The molecular weight excluding hydrogens is 266 g/mol. The van der Waals surface area contributed by atoms with E-state index in [2.05, 4.69) is 14.7 Å². The van der Waals surface area contributed by atoms with Crippen LogP contribution < -0.4 is 4.72 Å². The van der Waals surface area contributed by atoms with Gasteiger partial charge in [0.25, 0.3) is 0 Å². The maximum absolute atomic E-state index is 12.3. The molecule has 3 N–H and O–H groups in total. The number of hydrogen-bond acceptors (Lipinski definition) is 4. The van der Waals surface area contributed by atoms with Crippen LogP contribution in [0.2, 0.25) is 0 Å².